The van der Waals surface area contributed by atoms with Crippen molar-refractivity contribution >= 4 is 5.91 Å². The van der Waals surface area contributed by atoms with Crippen molar-refractivity contribution in [2.75, 3.05) is 0 Å². The van der Waals surface area contributed by atoms with Gasteiger partial charge in [-0.1, -0.05) is 42.5 Å². The standard InChI is InChI=1S/C13H13NO3/c15-12(9-4-2-1-3-5-9)13(16)14-10-6-7-11(8-10)17-14/h1-7,10-12,15H,8H2. The average molecular weight is 231 g/mol. The molecular formula is C13H13NO3. The molecule has 3 rings (SSSR count). The van der Waals surface area contributed by atoms with Gasteiger partial charge in [-0.2, -0.15) is 0 Å². The average Bonchev–Trinajstić information content (AvgIpc) is 3.00. The van der Waals surface area contributed by atoms with Gasteiger partial charge in [0.1, 0.15) is 6.10 Å². The SMILES string of the molecule is O=C(C(O)c1ccccc1)N1OC2C=CC1C2. The summed E-state index contributed by atoms with van der Waals surface area (Å²) in [5, 5.41) is 11.3. The number of rotatable bonds is 2. The van der Waals surface area contributed by atoms with Gasteiger partial charge in [0, 0.05) is 6.42 Å². The molecule has 1 aliphatic carbocycles. The number of nitrogens with zero attached hydrogens (tertiary/aromatic N) is 1. The third-order valence-corrected chi connectivity index (χ3v) is 3.14. The van der Waals surface area contributed by atoms with E-state index in [0.717, 1.165) is 6.42 Å². The van der Waals surface area contributed by atoms with Gasteiger partial charge >= 0.3 is 0 Å². The number of amides is 1. The van der Waals surface area contributed by atoms with Crippen molar-refractivity contribution in [2.24, 2.45) is 0 Å². The highest BCUT2D eigenvalue weighted by molar-refractivity contribution is 5.82. The Labute approximate surface area is 99.1 Å². The maximum absolute atomic E-state index is 12.1. The molecule has 2 bridgehead atoms. The number of fused-ring (bicyclic) bond motifs is 2. The molecule has 1 aromatic carbocycles. The van der Waals surface area contributed by atoms with E-state index in [-0.39, 0.29) is 12.1 Å². The van der Waals surface area contributed by atoms with Crippen LogP contribution in [0.25, 0.3) is 0 Å². The molecule has 4 nitrogen and oxygen atoms in total. The zero-order valence-corrected chi connectivity index (χ0v) is 9.19. The lowest BCUT2D eigenvalue weighted by Gasteiger charge is -2.25. The van der Waals surface area contributed by atoms with Gasteiger partial charge in [0.15, 0.2) is 6.10 Å². The topological polar surface area (TPSA) is 49.8 Å². The van der Waals surface area contributed by atoms with Crippen molar-refractivity contribution in [2.45, 2.75) is 24.7 Å². The van der Waals surface area contributed by atoms with Gasteiger partial charge in [0.2, 0.25) is 0 Å². The summed E-state index contributed by atoms with van der Waals surface area (Å²) in [6, 6.07) is 8.87. The van der Waals surface area contributed by atoms with Gasteiger partial charge in [-0.15, -0.1) is 0 Å². The van der Waals surface area contributed by atoms with Gasteiger partial charge in [-0.05, 0) is 5.56 Å². The van der Waals surface area contributed by atoms with Crippen LogP contribution in [0, 0.1) is 0 Å². The molecule has 0 spiro atoms. The largest absolute Gasteiger partial charge is 0.378 e. The lowest BCUT2D eigenvalue weighted by Crippen LogP contribution is -2.38. The monoisotopic (exact) mass is 231 g/mol. The lowest BCUT2D eigenvalue weighted by atomic mass is 10.1. The first-order valence-electron chi connectivity index (χ1n) is 5.67. The molecule has 2 aliphatic rings. The molecule has 88 valence electrons. The first-order valence-corrected chi connectivity index (χ1v) is 5.67. The minimum atomic E-state index is -1.15. The first kappa shape index (κ1) is 10.5. The van der Waals surface area contributed by atoms with Gasteiger partial charge in [0.05, 0.1) is 6.04 Å². The van der Waals surface area contributed by atoms with Crippen LogP contribution < -0.4 is 0 Å². The fourth-order valence-electron chi connectivity index (χ4n) is 2.24. The molecule has 4 heteroatoms. The van der Waals surface area contributed by atoms with Gasteiger partial charge in [-0.25, -0.2) is 5.06 Å². The van der Waals surface area contributed by atoms with Crippen LogP contribution in [0.3, 0.4) is 0 Å². The van der Waals surface area contributed by atoms with Crippen molar-refractivity contribution in [1.82, 2.24) is 5.06 Å². The van der Waals surface area contributed by atoms with Crippen LogP contribution in [0.5, 0.6) is 0 Å². The van der Waals surface area contributed by atoms with E-state index >= 15 is 0 Å². The van der Waals surface area contributed by atoms with Crippen molar-refractivity contribution in [3.63, 3.8) is 0 Å². The van der Waals surface area contributed by atoms with Crippen molar-refractivity contribution < 1.29 is 14.7 Å². The second-order valence-corrected chi connectivity index (χ2v) is 4.31. The summed E-state index contributed by atoms with van der Waals surface area (Å²) in [5.74, 6) is -0.395. The van der Waals surface area contributed by atoms with Crippen LogP contribution in [0.1, 0.15) is 18.1 Å². The predicted molar refractivity (Wildman–Crippen MR) is 60.7 cm³/mol. The number of hydrogen-bond acceptors (Lipinski definition) is 3. The maximum atomic E-state index is 12.1. The number of carbonyl (C=O) groups is 1. The Morgan fingerprint density at radius 3 is 2.71 bits per heavy atom. The van der Waals surface area contributed by atoms with E-state index in [4.69, 9.17) is 4.84 Å². The van der Waals surface area contributed by atoms with Crippen LogP contribution in [-0.2, 0) is 9.63 Å². The van der Waals surface area contributed by atoms with E-state index in [9.17, 15) is 9.90 Å². The van der Waals surface area contributed by atoms with Crippen LogP contribution in [-0.4, -0.2) is 28.2 Å². The highest BCUT2D eigenvalue weighted by atomic mass is 16.7. The van der Waals surface area contributed by atoms with Gasteiger partial charge in [-0.3, -0.25) is 9.63 Å². The third-order valence-electron chi connectivity index (χ3n) is 3.14. The smallest absolute Gasteiger partial charge is 0.280 e. The molecule has 0 aromatic heterocycles. The number of benzene rings is 1. The molecule has 0 saturated carbocycles. The van der Waals surface area contributed by atoms with Crippen LogP contribution in [0.4, 0.5) is 0 Å². The quantitative estimate of drug-likeness (QED) is 0.778. The normalized spacial score (nSPS) is 27.5. The van der Waals surface area contributed by atoms with Crippen molar-refractivity contribution in [3.8, 4) is 0 Å². The van der Waals surface area contributed by atoms with Crippen molar-refractivity contribution in [1.29, 1.82) is 0 Å². The summed E-state index contributed by atoms with van der Waals surface area (Å²) in [4.78, 5) is 17.5. The highest BCUT2D eigenvalue weighted by Crippen LogP contribution is 2.31. The number of carbonyl (C=O) groups excluding carboxylic acids is 1. The van der Waals surface area contributed by atoms with Gasteiger partial charge < -0.3 is 5.11 Å². The minimum absolute atomic E-state index is 0.00748. The second-order valence-electron chi connectivity index (χ2n) is 4.31. The number of hydroxylamine groups is 2. The van der Waals surface area contributed by atoms with E-state index in [0.29, 0.717) is 5.56 Å². The minimum Gasteiger partial charge on any atom is -0.378 e. The van der Waals surface area contributed by atoms with E-state index in [1.54, 1.807) is 24.3 Å². The number of hydrogen-bond donors (Lipinski definition) is 1. The van der Waals surface area contributed by atoms with Crippen LogP contribution >= 0.6 is 0 Å². The Bertz CT molecular complexity index is 457. The fourth-order valence-corrected chi connectivity index (χ4v) is 2.24. The summed E-state index contributed by atoms with van der Waals surface area (Å²) in [6.45, 7) is 0. The fraction of sp³-hybridized carbons (Fsp3) is 0.308. The molecule has 0 radical (unpaired) electrons. The molecule has 3 unspecified atom stereocenters. The third kappa shape index (κ3) is 1.75. The summed E-state index contributed by atoms with van der Waals surface area (Å²) < 4.78 is 0. The van der Waals surface area contributed by atoms with E-state index in [1.165, 1.54) is 5.06 Å². The Balaban J connectivity index is 1.77. The number of aliphatic hydroxyl groups is 1. The highest BCUT2D eigenvalue weighted by Gasteiger charge is 2.40. The summed E-state index contributed by atoms with van der Waals surface area (Å²) in [5.41, 5.74) is 0.591. The first-order chi connectivity index (χ1) is 8.25. The number of aliphatic hydroxyl groups excluding tert-OH is 1. The molecule has 1 fully saturated rings. The summed E-state index contributed by atoms with van der Waals surface area (Å²) in [6.07, 6.45) is 3.54. The molecule has 17 heavy (non-hydrogen) atoms. The molecule has 1 aliphatic heterocycles. The summed E-state index contributed by atoms with van der Waals surface area (Å²) in [7, 11) is 0. The molecule has 1 N–H and O–H groups in total. The van der Waals surface area contributed by atoms with E-state index < -0.39 is 12.0 Å². The van der Waals surface area contributed by atoms with Crippen LogP contribution in [0.2, 0.25) is 0 Å². The van der Waals surface area contributed by atoms with Crippen LogP contribution in [0.15, 0.2) is 42.5 Å². The summed E-state index contributed by atoms with van der Waals surface area (Å²) >= 11 is 0. The molecule has 1 saturated heterocycles. The van der Waals surface area contributed by atoms with E-state index in [1.807, 2.05) is 18.2 Å². The maximum Gasteiger partial charge on any atom is 0.280 e. The Morgan fingerprint density at radius 1 is 1.35 bits per heavy atom. The van der Waals surface area contributed by atoms with Crippen molar-refractivity contribution in [3.05, 3.63) is 48.0 Å². The Kier molecular flexibility index (Phi) is 2.46. The Hall–Kier alpha value is -1.65. The predicted octanol–water partition coefficient (Wildman–Crippen LogP) is 1.19. The molecule has 1 amide bonds. The van der Waals surface area contributed by atoms with E-state index in [2.05, 4.69) is 0 Å². The Morgan fingerprint density at radius 2 is 2.12 bits per heavy atom. The molecule has 3 atom stereocenters. The lowest BCUT2D eigenvalue weighted by molar-refractivity contribution is -0.191. The zero-order chi connectivity index (χ0) is 11.8. The molecule has 1 aromatic rings. The molecular weight excluding hydrogens is 218 g/mol. The second kappa shape index (κ2) is 3.98. The van der Waals surface area contributed by atoms with Gasteiger partial charge in [0.25, 0.3) is 5.91 Å². The molecule has 1 heterocycles. The zero-order valence-electron chi connectivity index (χ0n) is 9.19.